The zero-order valence-electron chi connectivity index (χ0n) is 8.06. The highest BCUT2D eigenvalue weighted by Crippen LogP contribution is 2.35. The average molecular weight is 206 g/mol. The second kappa shape index (κ2) is 3.20. The Morgan fingerprint density at radius 2 is 1.93 bits per heavy atom. The van der Waals surface area contributed by atoms with Gasteiger partial charge in [0.25, 0.3) is 0 Å². The molecule has 0 aliphatic carbocycles. The lowest BCUT2D eigenvalue weighted by atomic mass is 10.1. The Morgan fingerprint density at radius 1 is 1.20 bits per heavy atom. The Labute approximate surface area is 85.7 Å². The zero-order valence-corrected chi connectivity index (χ0v) is 8.06. The topological polar surface area (TPSA) is 92.5 Å². The van der Waals surface area contributed by atoms with Crippen LogP contribution >= 0.6 is 0 Å². The van der Waals surface area contributed by atoms with E-state index in [2.05, 4.69) is 5.16 Å². The minimum Gasteiger partial charge on any atom is -0.508 e. The Kier molecular flexibility index (Phi) is 2.00. The number of rotatable bonds is 1. The summed E-state index contributed by atoms with van der Waals surface area (Å²) >= 11 is 0. The predicted molar refractivity (Wildman–Crippen MR) is 54.4 cm³/mol. The molecule has 0 unspecified atom stereocenters. The maximum Gasteiger partial charge on any atom is 0.172 e. The maximum absolute atomic E-state index is 9.64. The zero-order chi connectivity index (χ0) is 11.0. The molecule has 5 nitrogen and oxygen atoms in total. The number of aromatic hydroxyl groups is 2. The first-order valence-electron chi connectivity index (χ1n) is 4.33. The largest absolute Gasteiger partial charge is 0.508 e. The molecule has 2 aromatic rings. The van der Waals surface area contributed by atoms with Crippen molar-refractivity contribution in [2.45, 2.75) is 6.92 Å². The monoisotopic (exact) mass is 206 g/mol. The number of nitrogens with two attached hydrogens (primary N) is 1. The van der Waals surface area contributed by atoms with Crippen LogP contribution in [0.2, 0.25) is 0 Å². The molecule has 0 saturated heterocycles. The number of phenols is 2. The van der Waals surface area contributed by atoms with Gasteiger partial charge < -0.3 is 20.5 Å². The third-order valence-electron chi connectivity index (χ3n) is 2.11. The van der Waals surface area contributed by atoms with Crippen molar-refractivity contribution in [1.29, 1.82) is 0 Å². The van der Waals surface area contributed by atoms with Gasteiger partial charge in [-0.2, -0.15) is 0 Å². The van der Waals surface area contributed by atoms with E-state index >= 15 is 0 Å². The summed E-state index contributed by atoms with van der Waals surface area (Å²) in [5.41, 5.74) is 6.34. The fourth-order valence-electron chi connectivity index (χ4n) is 1.29. The number of hydrogen-bond acceptors (Lipinski definition) is 5. The number of aryl methyl sites for hydroxylation is 1. The number of nitrogen functional groups attached to an aromatic ring is 1. The van der Waals surface area contributed by atoms with Crippen LogP contribution in [-0.2, 0) is 0 Å². The summed E-state index contributed by atoms with van der Waals surface area (Å²) in [5, 5.41) is 22.6. The molecule has 0 amide bonds. The Bertz CT molecular complexity index is 505. The molecule has 0 aliphatic heterocycles. The number of benzene rings is 1. The highest BCUT2D eigenvalue weighted by molar-refractivity contribution is 5.69. The lowest BCUT2D eigenvalue weighted by molar-refractivity contribution is 0.426. The van der Waals surface area contributed by atoms with Gasteiger partial charge in [0.1, 0.15) is 11.5 Å². The summed E-state index contributed by atoms with van der Waals surface area (Å²) < 4.78 is 4.88. The first-order chi connectivity index (χ1) is 7.08. The number of phenolic OH excluding ortho intramolecular Hbond substituents is 2. The molecule has 1 aromatic heterocycles. The van der Waals surface area contributed by atoms with Crippen molar-refractivity contribution in [2.75, 3.05) is 5.73 Å². The van der Waals surface area contributed by atoms with Crippen molar-refractivity contribution in [3.05, 3.63) is 23.8 Å². The third-order valence-corrected chi connectivity index (χ3v) is 2.11. The summed E-state index contributed by atoms with van der Waals surface area (Å²) in [5.74, 6) is 0.643. The van der Waals surface area contributed by atoms with E-state index in [0.29, 0.717) is 16.9 Å². The summed E-state index contributed by atoms with van der Waals surface area (Å²) in [4.78, 5) is 0. The molecule has 0 bridgehead atoms. The lowest BCUT2D eigenvalue weighted by Gasteiger charge is -2.03. The second-order valence-corrected chi connectivity index (χ2v) is 3.27. The van der Waals surface area contributed by atoms with Crippen molar-refractivity contribution in [3.8, 4) is 22.8 Å². The molecular weight excluding hydrogens is 196 g/mol. The molecule has 0 saturated carbocycles. The number of aromatic nitrogens is 1. The maximum atomic E-state index is 9.64. The van der Waals surface area contributed by atoms with Gasteiger partial charge in [-0.3, -0.25) is 0 Å². The highest BCUT2D eigenvalue weighted by Gasteiger charge is 2.12. The van der Waals surface area contributed by atoms with E-state index in [9.17, 15) is 10.2 Å². The van der Waals surface area contributed by atoms with E-state index in [4.69, 9.17) is 10.3 Å². The first kappa shape index (κ1) is 9.39. The third kappa shape index (κ3) is 1.59. The molecule has 4 N–H and O–H groups in total. The molecular formula is C10H10N2O3. The fraction of sp³-hybridized carbons (Fsp3) is 0.100. The summed E-state index contributed by atoms with van der Waals surface area (Å²) in [6, 6.07) is 4.33. The molecule has 1 heterocycles. The molecule has 1 aromatic carbocycles. The fourth-order valence-corrected chi connectivity index (χ4v) is 1.29. The Hall–Kier alpha value is -2.17. The molecule has 0 spiro atoms. The first-order valence-corrected chi connectivity index (χ1v) is 4.33. The highest BCUT2D eigenvalue weighted by atomic mass is 16.5. The van der Waals surface area contributed by atoms with Crippen molar-refractivity contribution < 1.29 is 14.7 Å². The van der Waals surface area contributed by atoms with Crippen LogP contribution in [-0.4, -0.2) is 15.4 Å². The van der Waals surface area contributed by atoms with Gasteiger partial charge in [0.05, 0.1) is 5.56 Å². The molecule has 78 valence electrons. The lowest BCUT2D eigenvalue weighted by Crippen LogP contribution is -1.81. The van der Waals surface area contributed by atoms with Crippen molar-refractivity contribution >= 4 is 5.82 Å². The molecule has 0 atom stereocenters. The Morgan fingerprint density at radius 3 is 2.53 bits per heavy atom. The van der Waals surface area contributed by atoms with E-state index in [1.807, 2.05) is 0 Å². The van der Waals surface area contributed by atoms with Gasteiger partial charge in [-0.05, 0) is 24.6 Å². The van der Waals surface area contributed by atoms with Crippen molar-refractivity contribution in [3.63, 3.8) is 0 Å². The van der Waals surface area contributed by atoms with Gasteiger partial charge in [-0.25, -0.2) is 0 Å². The van der Waals surface area contributed by atoms with Crippen LogP contribution in [0, 0.1) is 6.92 Å². The number of anilines is 1. The minimum atomic E-state index is 0.0152. The van der Waals surface area contributed by atoms with Crippen LogP contribution in [0.5, 0.6) is 11.5 Å². The number of nitrogens with zero attached hydrogens (tertiary/aromatic N) is 1. The standard InChI is InChI=1S/C10H10N2O3/c1-5-2-8(14)6(3-7(5)13)9-4-10(11)12-15-9/h2-4,13-14H,1H3,(H2,11,12). The number of hydrogen-bond donors (Lipinski definition) is 3. The minimum absolute atomic E-state index is 0.0152. The van der Waals surface area contributed by atoms with Gasteiger partial charge >= 0.3 is 0 Å². The molecule has 2 rings (SSSR count). The summed E-state index contributed by atoms with van der Waals surface area (Å²) in [6.07, 6.45) is 0. The normalized spacial score (nSPS) is 10.5. The van der Waals surface area contributed by atoms with Crippen LogP contribution in [0.25, 0.3) is 11.3 Å². The van der Waals surface area contributed by atoms with Gasteiger partial charge in [0.2, 0.25) is 0 Å². The van der Waals surface area contributed by atoms with Crippen LogP contribution in [0.3, 0.4) is 0 Å². The van der Waals surface area contributed by atoms with Gasteiger partial charge in [0, 0.05) is 6.07 Å². The van der Waals surface area contributed by atoms with Gasteiger partial charge in [0.15, 0.2) is 11.6 Å². The molecule has 15 heavy (non-hydrogen) atoms. The SMILES string of the molecule is Cc1cc(O)c(-c2cc(N)no2)cc1O. The van der Waals surface area contributed by atoms with Gasteiger partial charge in [-0.15, -0.1) is 0 Å². The molecule has 0 aliphatic rings. The molecule has 0 fully saturated rings. The van der Waals surface area contributed by atoms with Gasteiger partial charge in [-0.1, -0.05) is 5.16 Å². The van der Waals surface area contributed by atoms with Crippen LogP contribution in [0.15, 0.2) is 22.7 Å². The van der Waals surface area contributed by atoms with E-state index in [1.165, 1.54) is 18.2 Å². The predicted octanol–water partition coefficient (Wildman–Crippen LogP) is 1.64. The van der Waals surface area contributed by atoms with Crippen molar-refractivity contribution in [1.82, 2.24) is 5.16 Å². The quantitative estimate of drug-likeness (QED) is 0.617. The van der Waals surface area contributed by atoms with E-state index < -0.39 is 0 Å². The molecule has 0 radical (unpaired) electrons. The van der Waals surface area contributed by atoms with Crippen LogP contribution in [0.1, 0.15) is 5.56 Å². The van der Waals surface area contributed by atoms with E-state index in [-0.39, 0.29) is 17.3 Å². The smallest absolute Gasteiger partial charge is 0.172 e. The molecule has 5 heteroatoms. The summed E-state index contributed by atoms with van der Waals surface area (Å²) in [7, 11) is 0. The second-order valence-electron chi connectivity index (χ2n) is 3.27. The van der Waals surface area contributed by atoms with Crippen LogP contribution in [0.4, 0.5) is 5.82 Å². The van der Waals surface area contributed by atoms with E-state index in [0.717, 1.165) is 0 Å². The summed E-state index contributed by atoms with van der Waals surface area (Å²) in [6.45, 7) is 1.69. The van der Waals surface area contributed by atoms with Crippen molar-refractivity contribution in [2.24, 2.45) is 0 Å². The van der Waals surface area contributed by atoms with Crippen LogP contribution < -0.4 is 5.73 Å². The average Bonchev–Trinajstić information content (AvgIpc) is 2.58. The van der Waals surface area contributed by atoms with E-state index in [1.54, 1.807) is 6.92 Å². The Balaban J connectivity index is 2.58.